The average Bonchev–Trinajstić information content (AvgIpc) is 2.61. The fourth-order valence-corrected chi connectivity index (χ4v) is 2.83. The predicted octanol–water partition coefficient (Wildman–Crippen LogP) is 4.55. The minimum Gasteiger partial charge on any atom is -0.369 e. The first-order valence-corrected chi connectivity index (χ1v) is 7.90. The summed E-state index contributed by atoms with van der Waals surface area (Å²) in [6, 6.07) is 22.8. The van der Waals surface area contributed by atoms with Gasteiger partial charge in [-0.15, -0.1) is 0 Å². The van der Waals surface area contributed by atoms with Crippen LogP contribution in [0.4, 0.5) is 5.82 Å². The van der Waals surface area contributed by atoms with Crippen LogP contribution in [-0.2, 0) is 5.41 Å². The molecule has 116 valence electrons. The molecule has 0 unspecified atom stereocenters. The fraction of sp³-hybridized carbons (Fsp3) is 0.158. The Morgan fingerprint density at radius 3 is 2.00 bits per heavy atom. The van der Waals surface area contributed by atoms with Crippen molar-refractivity contribution in [3.05, 3.63) is 89.3 Å². The highest BCUT2D eigenvalue weighted by Crippen LogP contribution is 2.32. The van der Waals surface area contributed by atoms with Crippen LogP contribution in [-0.4, -0.2) is 16.5 Å². The number of nitrogens with one attached hydrogen (secondary N) is 1. The zero-order chi connectivity index (χ0) is 16.1. The minimum atomic E-state index is -0.181. The molecule has 3 aromatic rings. The van der Waals surface area contributed by atoms with E-state index in [9.17, 15) is 0 Å². The van der Waals surface area contributed by atoms with Crippen molar-refractivity contribution in [1.29, 1.82) is 0 Å². The van der Waals surface area contributed by atoms with E-state index in [1.807, 2.05) is 18.2 Å². The van der Waals surface area contributed by atoms with E-state index in [1.165, 1.54) is 11.1 Å². The summed E-state index contributed by atoms with van der Waals surface area (Å²) in [4.78, 5) is 8.12. The van der Waals surface area contributed by atoms with Crippen molar-refractivity contribution in [2.24, 2.45) is 0 Å². The summed E-state index contributed by atoms with van der Waals surface area (Å²) in [5.74, 6) is 0.725. The topological polar surface area (TPSA) is 37.8 Å². The third-order valence-electron chi connectivity index (χ3n) is 4.07. The predicted molar refractivity (Wildman–Crippen MR) is 94.9 cm³/mol. The van der Waals surface area contributed by atoms with Crippen molar-refractivity contribution in [3.63, 3.8) is 0 Å². The van der Waals surface area contributed by atoms with E-state index in [4.69, 9.17) is 11.6 Å². The number of benzene rings is 2. The first-order valence-electron chi connectivity index (χ1n) is 7.52. The Morgan fingerprint density at radius 1 is 0.913 bits per heavy atom. The van der Waals surface area contributed by atoms with Gasteiger partial charge in [-0.3, -0.25) is 0 Å². The molecule has 0 aliphatic rings. The summed E-state index contributed by atoms with van der Waals surface area (Å²) in [7, 11) is 0. The number of hydrogen-bond acceptors (Lipinski definition) is 3. The van der Waals surface area contributed by atoms with Crippen LogP contribution in [0.5, 0.6) is 0 Å². The molecule has 0 aliphatic carbocycles. The molecule has 1 N–H and O–H groups in total. The van der Waals surface area contributed by atoms with Gasteiger partial charge in [0.1, 0.15) is 5.82 Å². The lowest BCUT2D eigenvalue weighted by Crippen LogP contribution is -2.32. The zero-order valence-corrected chi connectivity index (χ0v) is 13.7. The van der Waals surface area contributed by atoms with Gasteiger partial charge in [0.2, 0.25) is 5.28 Å². The Hall–Kier alpha value is -2.39. The maximum atomic E-state index is 5.87. The summed E-state index contributed by atoms with van der Waals surface area (Å²) in [5.41, 5.74) is 2.32. The van der Waals surface area contributed by atoms with Crippen LogP contribution in [0.15, 0.2) is 72.9 Å². The molecule has 0 saturated carbocycles. The van der Waals surface area contributed by atoms with Gasteiger partial charge in [0.25, 0.3) is 0 Å². The molecular formula is C19H18ClN3. The van der Waals surface area contributed by atoms with Gasteiger partial charge in [0, 0.05) is 18.2 Å². The quantitative estimate of drug-likeness (QED) is 0.700. The van der Waals surface area contributed by atoms with E-state index in [2.05, 4.69) is 70.7 Å². The lowest BCUT2D eigenvalue weighted by atomic mass is 9.76. The molecule has 0 spiro atoms. The lowest BCUT2D eigenvalue weighted by Gasteiger charge is -2.31. The number of anilines is 1. The molecule has 0 bridgehead atoms. The van der Waals surface area contributed by atoms with E-state index >= 15 is 0 Å². The van der Waals surface area contributed by atoms with Crippen molar-refractivity contribution in [1.82, 2.24) is 9.97 Å². The molecule has 1 aromatic heterocycles. The Kier molecular flexibility index (Phi) is 4.58. The maximum Gasteiger partial charge on any atom is 0.224 e. The summed E-state index contributed by atoms with van der Waals surface area (Å²) < 4.78 is 0. The van der Waals surface area contributed by atoms with Gasteiger partial charge < -0.3 is 5.32 Å². The molecule has 2 aromatic carbocycles. The van der Waals surface area contributed by atoms with E-state index in [0.29, 0.717) is 6.54 Å². The van der Waals surface area contributed by atoms with Crippen molar-refractivity contribution in [2.45, 2.75) is 12.3 Å². The van der Waals surface area contributed by atoms with Crippen LogP contribution < -0.4 is 5.32 Å². The average molecular weight is 324 g/mol. The van der Waals surface area contributed by atoms with Gasteiger partial charge in [-0.1, -0.05) is 60.7 Å². The second-order valence-corrected chi connectivity index (χ2v) is 5.97. The van der Waals surface area contributed by atoms with Crippen LogP contribution in [0.1, 0.15) is 18.1 Å². The molecule has 0 saturated heterocycles. The van der Waals surface area contributed by atoms with Crippen molar-refractivity contribution in [3.8, 4) is 0 Å². The van der Waals surface area contributed by atoms with Gasteiger partial charge in [0.15, 0.2) is 0 Å². The maximum absolute atomic E-state index is 5.87. The van der Waals surface area contributed by atoms with Crippen molar-refractivity contribution in [2.75, 3.05) is 11.9 Å². The number of nitrogens with zero attached hydrogens (tertiary/aromatic N) is 2. The highest BCUT2D eigenvalue weighted by atomic mass is 35.5. The largest absolute Gasteiger partial charge is 0.369 e. The molecule has 0 fully saturated rings. The molecule has 0 aliphatic heterocycles. The molecule has 3 rings (SSSR count). The molecule has 1 heterocycles. The normalized spacial score (nSPS) is 11.2. The van der Waals surface area contributed by atoms with E-state index in [0.717, 1.165) is 5.82 Å². The standard InChI is InChI=1S/C19H18ClN3/c1-19(15-8-4-2-5-9-15,16-10-6-3-7-11-16)14-22-17-12-13-21-18(20)23-17/h2-13H,14H2,1H3,(H,21,22,23). The van der Waals surface area contributed by atoms with Gasteiger partial charge >= 0.3 is 0 Å². The molecule has 0 amide bonds. The third kappa shape index (κ3) is 3.51. The van der Waals surface area contributed by atoms with E-state index in [1.54, 1.807) is 6.20 Å². The van der Waals surface area contributed by atoms with Crippen LogP contribution in [0.25, 0.3) is 0 Å². The summed E-state index contributed by atoms with van der Waals surface area (Å²) >= 11 is 5.87. The molecule has 0 atom stereocenters. The van der Waals surface area contributed by atoms with Crippen molar-refractivity contribution < 1.29 is 0 Å². The van der Waals surface area contributed by atoms with Crippen LogP contribution in [0.2, 0.25) is 5.28 Å². The Morgan fingerprint density at radius 2 is 1.48 bits per heavy atom. The van der Waals surface area contributed by atoms with Gasteiger partial charge in [-0.25, -0.2) is 9.97 Å². The highest BCUT2D eigenvalue weighted by Gasteiger charge is 2.28. The van der Waals surface area contributed by atoms with Gasteiger partial charge in [-0.2, -0.15) is 0 Å². The molecule has 0 radical (unpaired) electrons. The van der Waals surface area contributed by atoms with Gasteiger partial charge in [-0.05, 0) is 35.7 Å². The smallest absolute Gasteiger partial charge is 0.224 e. The molecule has 3 nitrogen and oxygen atoms in total. The van der Waals surface area contributed by atoms with Crippen LogP contribution in [0.3, 0.4) is 0 Å². The molecule has 4 heteroatoms. The molecule has 23 heavy (non-hydrogen) atoms. The number of aromatic nitrogens is 2. The summed E-state index contributed by atoms with van der Waals surface area (Å²) in [5, 5.41) is 3.63. The molecular weight excluding hydrogens is 306 g/mol. The lowest BCUT2D eigenvalue weighted by molar-refractivity contribution is 0.602. The number of rotatable bonds is 5. The monoisotopic (exact) mass is 323 g/mol. The summed E-state index contributed by atoms with van der Waals surface area (Å²) in [6.45, 7) is 2.93. The van der Waals surface area contributed by atoms with Crippen LogP contribution >= 0.6 is 11.6 Å². The third-order valence-corrected chi connectivity index (χ3v) is 4.25. The van der Waals surface area contributed by atoms with Crippen molar-refractivity contribution >= 4 is 17.4 Å². The number of hydrogen-bond donors (Lipinski definition) is 1. The second-order valence-electron chi connectivity index (χ2n) is 5.63. The number of halogens is 1. The first-order chi connectivity index (χ1) is 11.2. The first kappa shape index (κ1) is 15.5. The highest BCUT2D eigenvalue weighted by molar-refractivity contribution is 6.28. The minimum absolute atomic E-state index is 0.181. The zero-order valence-electron chi connectivity index (χ0n) is 12.9. The van der Waals surface area contributed by atoms with E-state index in [-0.39, 0.29) is 10.7 Å². The second kappa shape index (κ2) is 6.80. The van der Waals surface area contributed by atoms with Gasteiger partial charge in [0.05, 0.1) is 0 Å². The SMILES string of the molecule is CC(CNc1ccnc(Cl)n1)(c1ccccc1)c1ccccc1. The Balaban J connectivity index is 1.93. The fourth-order valence-electron chi connectivity index (χ4n) is 2.68. The van der Waals surface area contributed by atoms with Crippen LogP contribution in [0, 0.1) is 0 Å². The summed E-state index contributed by atoms with van der Waals surface area (Å²) in [6.07, 6.45) is 1.65. The Labute approximate surface area is 141 Å². The van der Waals surface area contributed by atoms with E-state index < -0.39 is 0 Å². The Bertz CT molecular complexity index is 720.